The quantitative estimate of drug-likeness (QED) is 0.523. The summed E-state index contributed by atoms with van der Waals surface area (Å²) in [7, 11) is 1.46. The molecule has 0 unspecified atom stereocenters. The molecule has 24 heavy (non-hydrogen) atoms. The van der Waals surface area contributed by atoms with Gasteiger partial charge in [0.05, 0.1) is 7.11 Å². The molecule has 0 saturated heterocycles. The Balaban J connectivity index is 2.87. The highest BCUT2D eigenvalue weighted by Gasteiger charge is 2.08. The molecule has 0 radical (unpaired) electrons. The van der Waals surface area contributed by atoms with Crippen LogP contribution in [-0.2, 0) is 4.79 Å². The van der Waals surface area contributed by atoms with Crippen LogP contribution in [0.15, 0.2) is 47.1 Å². The minimum atomic E-state index is -0.949. The van der Waals surface area contributed by atoms with E-state index in [9.17, 15) is 15.0 Å². The monoisotopic (exact) mass is 330 g/mol. The van der Waals surface area contributed by atoms with Gasteiger partial charge in [-0.3, -0.25) is 0 Å². The fraction of sp³-hybridized carbons (Fsp3) is 0.350. The summed E-state index contributed by atoms with van der Waals surface area (Å²) in [5.41, 5.74) is 3.43. The smallest absolute Gasteiger partial charge is 0.331 e. The van der Waals surface area contributed by atoms with Crippen LogP contribution in [0.5, 0.6) is 11.5 Å². The largest absolute Gasteiger partial charge is 0.504 e. The molecule has 1 aromatic rings. The second-order valence-electron chi connectivity index (χ2n) is 5.98. The van der Waals surface area contributed by atoms with Gasteiger partial charge in [0.2, 0.25) is 0 Å². The van der Waals surface area contributed by atoms with Crippen molar-refractivity contribution in [3.8, 4) is 11.5 Å². The minimum Gasteiger partial charge on any atom is -0.504 e. The number of allylic oxidation sites excluding steroid dienone is 4. The summed E-state index contributed by atoms with van der Waals surface area (Å²) in [5.74, 6) is -0.598. The molecule has 0 aliphatic heterocycles. The summed E-state index contributed by atoms with van der Waals surface area (Å²) in [6.07, 6.45) is 7.98. The highest BCUT2D eigenvalue weighted by Crippen LogP contribution is 2.27. The van der Waals surface area contributed by atoms with Crippen molar-refractivity contribution in [2.45, 2.75) is 40.0 Å². The summed E-state index contributed by atoms with van der Waals surface area (Å²) in [6, 6.07) is 4.76. The lowest BCUT2D eigenvalue weighted by molar-refractivity contribution is -0.132. The van der Waals surface area contributed by atoms with Crippen LogP contribution < -0.4 is 4.74 Å². The Hall–Kier alpha value is -2.49. The first-order valence-corrected chi connectivity index (χ1v) is 7.93. The van der Waals surface area contributed by atoms with E-state index in [1.807, 2.05) is 13.0 Å². The van der Waals surface area contributed by atoms with Crippen molar-refractivity contribution in [3.63, 3.8) is 0 Å². The van der Waals surface area contributed by atoms with Crippen molar-refractivity contribution in [2.24, 2.45) is 0 Å². The number of aromatic hydroxyl groups is 1. The van der Waals surface area contributed by atoms with Gasteiger partial charge in [-0.25, -0.2) is 4.79 Å². The number of aliphatic carboxylic acids is 1. The van der Waals surface area contributed by atoms with E-state index in [-0.39, 0.29) is 5.75 Å². The highest BCUT2D eigenvalue weighted by atomic mass is 16.5. The molecule has 1 rings (SSSR count). The number of methoxy groups -OCH3 is 1. The number of carboxylic acid groups (broad SMARTS) is 1. The third-order valence-corrected chi connectivity index (χ3v) is 3.58. The summed E-state index contributed by atoms with van der Waals surface area (Å²) in [6.45, 7) is 6.15. The van der Waals surface area contributed by atoms with Crippen LogP contribution >= 0.6 is 0 Å². The standard InChI is InChI=1S/C20H26O4/c1-14(2)6-5-7-15(3)8-10-17(20(22)23)12-16-9-11-18(21)19(13-16)24-4/h6,8-9,11-13,21H,5,7,10H2,1-4H3,(H,22,23)/b15-8+,17-12+. The predicted molar refractivity (Wildman–Crippen MR) is 97.3 cm³/mol. The van der Waals surface area contributed by atoms with Crippen LogP contribution in [0.3, 0.4) is 0 Å². The Bertz CT molecular complexity index is 662. The maximum atomic E-state index is 11.5. The number of hydrogen-bond acceptors (Lipinski definition) is 3. The van der Waals surface area contributed by atoms with Gasteiger partial charge in [-0.2, -0.15) is 0 Å². The average Bonchev–Trinajstić information content (AvgIpc) is 2.52. The molecule has 0 fully saturated rings. The first-order chi connectivity index (χ1) is 11.3. The van der Waals surface area contributed by atoms with Crippen LogP contribution in [0.1, 0.15) is 45.6 Å². The van der Waals surface area contributed by atoms with Gasteiger partial charge in [-0.1, -0.05) is 29.4 Å². The number of carboxylic acids is 1. The van der Waals surface area contributed by atoms with E-state index in [0.29, 0.717) is 23.3 Å². The highest BCUT2D eigenvalue weighted by molar-refractivity contribution is 5.92. The van der Waals surface area contributed by atoms with Crippen LogP contribution in [0.25, 0.3) is 6.08 Å². The summed E-state index contributed by atoms with van der Waals surface area (Å²) in [4.78, 5) is 11.5. The van der Waals surface area contributed by atoms with Crippen molar-refractivity contribution in [2.75, 3.05) is 7.11 Å². The molecule has 1 aromatic carbocycles. The number of phenolic OH excluding ortho intramolecular Hbond substituents is 1. The first kappa shape index (κ1) is 19.6. The van der Waals surface area contributed by atoms with Crippen molar-refractivity contribution < 1.29 is 19.7 Å². The molecule has 4 nitrogen and oxygen atoms in total. The molecule has 0 amide bonds. The van der Waals surface area contributed by atoms with E-state index < -0.39 is 5.97 Å². The van der Waals surface area contributed by atoms with Crippen LogP contribution in [-0.4, -0.2) is 23.3 Å². The molecule has 0 aliphatic carbocycles. The van der Waals surface area contributed by atoms with Crippen molar-refractivity contribution in [1.82, 2.24) is 0 Å². The topological polar surface area (TPSA) is 66.8 Å². The van der Waals surface area contributed by atoms with Gasteiger partial charge in [0.15, 0.2) is 11.5 Å². The second-order valence-corrected chi connectivity index (χ2v) is 5.98. The molecule has 0 aromatic heterocycles. The zero-order valence-corrected chi connectivity index (χ0v) is 14.8. The number of carbonyl (C=O) groups is 1. The van der Waals surface area contributed by atoms with E-state index in [2.05, 4.69) is 19.9 Å². The van der Waals surface area contributed by atoms with Crippen molar-refractivity contribution in [3.05, 3.63) is 52.6 Å². The van der Waals surface area contributed by atoms with Crippen LogP contribution in [0, 0.1) is 0 Å². The zero-order chi connectivity index (χ0) is 18.1. The Morgan fingerprint density at radius 3 is 2.50 bits per heavy atom. The Morgan fingerprint density at radius 2 is 1.92 bits per heavy atom. The van der Waals surface area contributed by atoms with Crippen molar-refractivity contribution >= 4 is 12.0 Å². The molecule has 0 aliphatic rings. The van der Waals surface area contributed by atoms with Crippen LogP contribution in [0.2, 0.25) is 0 Å². The van der Waals surface area contributed by atoms with Crippen LogP contribution in [0.4, 0.5) is 0 Å². The normalized spacial score (nSPS) is 12.0. The molecule has 0 bridgehead atoms. The Labute approximate surface area is 143 Å². The Morgan fingerprint density at radius 1 is 1.21 bits per heavy atom. The minimum absolute atomic E-state index is 0.0292. The average molecular weight is 330 g/mol. The van der Waals surface area contributed by atoms with Gasteiger partial charge >= 0.3 is 5.97 Å². The summed E-state index contributed by atoms with van der Waals surface area (Å²) >= 11 is 0. The lowest BCUT2D eigenvalue weighted by atomic mass is 10.0. The van der Waals surface area contributed by atoms with Gasteiger partial charge in [-0.15, -0.1) is 0 Å². The molecular formula is C20H26O4. The van der Waals surface area contributed by atoms with E-state index in [1.165, 1.54) is 24.3 Å². The van der Waals surface area contributed by atoms with E-state index in [0.717, 1.165) is 12.8 Å². The van der Waals surface area contributed by atoms with E-state index in [4.69, 9.17) is 4.74 Å². The van der Waals surface area contributed by atoms with Gasteiger partial charge in [0.25, 0.3) is 0 Å². The van der Waals surface area contributed by atoms with Gasteiger partial charge < -0.3 is 14.9 Å². The third kappa shape index (κ3) is 6.73. The molecule has 0 saturated carbocycles. The third-order valence-electron chi connectivity index (χ3n) is 3.58. The Kier molecular flexibility index (Phi) is 7.83. The lowest BCUT2D eigenvalue weighted by Crippen LogP contribution is -1.99. The fourth-order valence-electron chi connectivity index (χ4n) is 2.17. The maximum absolute atomic E-state index is 11.5. The molecule has 0 heterocycles. The molecular weight excluding hydrogens is 304 g/mol. The predicted octanol–water partition coefficient (Wildman–Crippen LogP) is 4.95. The number of phenols is 1. The molecule has 0 spiro atoms. The van der Waals surface area contributed by atoms with Gasteiger partial charge in [0.1, 0.15) is 0 Å². The number of ether oxygens (including phenoxy) is 1. The summed E-state index contributed by atoms with van der Waals surface area (Å²) < 4.78 is 5.05. The first-order valence-electron chi connectivity index (χ1n) is 7.93. The molecule has 0 atom stereocenters. The summed E-state index contributed by atoms with van der Waals surface area (Å²) in [5, 5.41) is 19.0. The fourth-order valence-corrected chi connectivity index (χ4v) is 2.17. The number of benzene rings is 1. The second kappa shape index (κ2) is 9.60. The SMILES string of the molecule is COc1cc(/C=C(\C/C=C(\C)CCC=C(C)C)C(=O)O)ccc1O. The van der Waals surface area contributed by atoms with Crippen molar-refractivity contribution in [1.29, 1.82) is 0 Å². The van der Waals surface area contributed by atoms with Gasteiger partial charge in [0, 0.05) is 5.57 Å². The lowest BCUT2D eigenvalue weighted by Gasteiger charge is -2.05. The maximum Gasteiger partial charge on any atom is 0.331 e. The zero-order valence-electron chi connectivity index (χ0n) is 14.8. The number of hydrogen-bond donors (Lipinski definition) is 2. The number of rotatable bonds is 8. The van der Waals surface area contributed by atoms with E-state index in [1.54, 1.807) is 18.2 Å². The molecule has 2 N–H and O–H groups in total. The molecule has 130 valence electrons. The molecule has 4 heteroatoms. The van der Waals surface area contributed by atoms with Gasteiger partial charge in [-0.05, 0) is 63.8 Å². The van der Waals surface area contributed by atoms with E-state index >= 15 is 0 Å².